The van der Waals surface area contributed by atoms with Crippen LogP contribution in [0.4, 0.5) is 5.69 Å². The second-order valence-electron chi connectivity index (χ2n) is 5.45. The Kier molecular flexibility index (Phi) is 7.13. The van der Waals surface area contributed by atoms with Crippen LogP contribution in [0.1, 0.15) is 25.3 Å². The molecule has 2 rings (SSSR count). The number of hydrogen-bond acceptors (Lipinski definition) is 3. The van der Waals surface area contributed by atoms with E-state index in [1.54, 1.807) is 19.1 Å². The molecule has 0 saturated carbocycles. The lowest BCUT2D eigenvalue weighted by Crippen LogP contribution is -2.21. The van der Waals surface area contributed by atoms with E-state index in [1.807, 2.05) is 60.7 Å². The Bertz CT molecular complexity index is 753. The first-order chi connectivity index (χ1) is 12.1. The number of carbonyl (C=O) groups excluding carboxylic acids is 2. The second-order valence-corrected chi connectivity index (χ2v) is 5.45. The van der Waals surface area contributed by atoms with Crippen LogP contribution >= 0.6 is 0 Å². The summed E-state index contributed by atoms with van der Waals surface area (Å²) in [7, 11) is 0. The Labute approximate surface area is 147 Å². The zero-order chi connectivity index (χ0) is 17.9. The average molecular weight is 335 g/mol. The van der Waals surface area contributed by atoms with E-state index < -0.39 is 0 Å². The minimum absolute atomic E-state index is 0.0812. The molecule has 0 radical (unpaired) electrons. The van der Waals surface area contributed by atoms with Gasteiger partial charge in [0.2, 0.25) is 11.8 Å². The summed E-state index contributed by atoms with van der Waals surface area (Å²) in [5.41, 5.74) is 4.90. The van der Waals surface area contributed by atoms with Crippen molar-refractivity contribution in [2.24, 2.45) is 5.10 Å². The third kappa shape index (κ3) is 7.26. The van der Waals surface area contributed by atoms with Crippen molar-refractivity contribution in [2.75, 3.05) is 5.32 Å². The molecule has 0 unspecified atom stereocenters. The highest BCUT2D eigenvalue weighted by Crippen LogP contribution is 2.06. The molecule has 0 saturated heterocycles. The van der Waals surface area contributed by atoms with Crippen LogP contribution in [-0.2, 0) is 9.59 Å². The van der Waals surface area contributed by atoms with Crippen molar-refractivity contribution in [3.05, 3.63) is 72.3 Å². The van der Waals surface area contributed by atoms with Gasteiger partial charge in [-0.15, -0.1) is 0 Å². The van der Waals surface area contributed by atoms with E-state index in [1.165, 1.54) is 0 Å². The number of amides is 2. The fraction of sp³-hybridized carbons (Fsp3) is 0.150. The first-order valence-corrected chi connectivity index (χ1v) is 8.04. The molecule has 0 aliphatic rings. The monoisotopic (exact) mass is 335 g/mol. The van der Waals surface area contributed by atoms with E-state index in [2.05, 4.69) is 15.8 Å². The van der Waals surface area contributed by atoms with Crippen molar-refractivity contribution in [1.29, 1.82) is 0 Å². The second kappa shape index (κ2) is 9.82. The van der Waals surface area contributed by atoms with Crippen LogP contribution in [0.3, 0.4) is 0 Å². The molecule has 25 heavy (non-hydrogen) atoms. The molecule has 2 N–H and O–H groups in total. The molecule has 0 aliphatic carbocycles. The fourth-order valence-corrected chi connectivity index (χ4v) is 2.00. The summed E-state index contributed by atoms with van der Waals surface area (Å²) >= 11 is 0. The van der Waals surface area contributed by atoms with Crippen LogP contribution in [0.5, 0.6) is 0 Å². The lowest BCUT2D eigenvalue weighted by molar-refractivity contribution is -0.124. The topological polar surface area (TPSA) is 70.6 Å². The largest absolute Gasteiger partial charge is 0.326 e. The SMILES string of the molecule is CC(/C=C/c1ccccc1)=NNC(=O)CCC(=O)Nc1ccccc1. The van der Waals surface area contributed by atoms with Gasteiger partial charge in [-0.3, -0.25) is 9.59 Å². The quantitative estimate of drug-likeness (QED) is 0.599. The molecular formula is C20H21N3O2. The molecule has 2 aromatic carbocycles. The molecule has 0 heterocycles. The summed E-state index contributed by atoms with van der Waals surface area (Å²) in [6.45, 7) is 1.79. The molecule has 5 nitrogen and oxygen atoms in total. The molecule has 0 fully saturated rings. The fourth-order valence-electron chi connectivity index (χ4n) is 2.00. The number of carbonyl (C=O) groups is 2. The molecule has 2 amide bonds. The van der Waals surface area contributed by atoms with Crippen LogP contribution in [-0.4, -0.2) is 17.5 Å². The predicted octanol–water partition coefficient (Wildman–Crippen LogP) is 3.61. The van der Waals surface area contributed by atoms with Gasteiger partial charge in [-0.05, 0) is 30.7 Å². The highest BCUT2D eigenvalue weighted by Gasteiger charge is 2.06. The average Bonchev–Trinajstić information content (AvgIpc) is 2.64. The van der Waals surface area contributed by atoms with Gasteiger partial charge in [0.25, 0.3) is 0 Å². The minimum atomic E-state index is -0.296. The van der Waals surface area contributed by atoms with Crippen LogP contribution in [0.25, 0.3) is 6.08 Å². The predicted molar refractivity (Wildman–Crippen MR) is 101 cm³/mol. The number of nitrogens with one attached hydrogen (secondary N) is 2. The van der Waals surface area contributed by atoms with Gasteiger partial charge >= 0.3 is 0 Å². The van der Waals surface area contributed by atoms with Crippen molar-refractivity contribution in [2.45, 2.75) is 19.8 Å². The highest BCUT2D eigenvalue weighted by molar-refractivity contribution is 5.97. The normalized spacial score (nSPS) is 11.3. The summed E-state index contributed by atoms with van der Waals surface area (Å²) in [6.07, 6.45) is 3.92. The Morgan fingerprint density at radius 2 is 1.52 bits per heavy atom. The van der Waals surface area contributed by atoms with Crippen molar-refractivity contribution >= 4 is 29.3 Å². The van der Waals surface area contributed by atoms with Crippen LogP contribution in [0.2, 0.25) is 0 Å². The van der Waals surface area contributed by atoms with E-state index in [0.717, 1.165) is 5.56 Å². The van der Waals surface area contributed by atoms with Gasteiger partial charge in [-0.2, -0.15) is 5.10 Å². The highest BCUT2D eigenvalue weighted by atomic mass is 16.2. The standard InChI is InChI=1S/C20H21N3O2/c1-16(12-13-17-8-4-2-5-9-17)22-23-20(25)15-14-19(24)21-18-10-6-3-7-11-18/h2-13H,14-15H2,1H3,(H,21,24)(H,23,25)/b13-12+,22-16?. The molecule has 0 spiro atoms. The maximum absolute atomic E-state index is 11.8. The summed E-state index contributed by atoms with van der Waals surface area (Å²) in [4.78, 5) is 23.5. The number of hydrazone groups is 1. The number of benzene rings is 2. The van der Waals surface area contributed by atoms with Gasteiger partial charge in [-0.1, -0.05) is 54.6 Å². The molecule has 0 aliphatic heterocycles. The molecular weight excluding hydrogens is 314 g/mol. The van der Waals surface area contributed by atoms with Gasteiger partial charge in [0.15, 0.2) is 0 Å². The third-order valence-corrected chi connectivity index (χ3v) is 3.31. The number of allylic oxidation sites excluding steroid dienone is 1. The van der Waals surface area contributed by atoms with Crippen molar-refractivity contribution in [1.82, 2.24) is 5.43 Å². The van der Waals surface area contributed by atoms with Crippen LogP contribution in [0, 0.1) is 0 Å². The maximum atomic E-state index is 11.8. The Hall–Kier alpha value is -3.21. The lowest BCUT2D eigenvalue weighted by Gasteiger charge is -2.04. The van der Waals surface area contributed by atoms with Crippen molar-refractivity contribution < 1.29 is 9.59 Å². The zero-order valence-corrected chi connectivity index (χ0v) is 14.1. The summed E-state index contributed by atoms with van der Waals surface area (Å²) in [5.74, 6) is -0.498. The number of hydrogen-bond donors (Lipinski definition) is 2. The van der Waals surface area contributed by atoms with E-state index in [9.17, 15) is 9.59 Å². The first-order valence-electron chi connectivity index (χ1n) is 8.04. The van der Waals surface area contributed by atoms with E-state index in [-0.39, 0.29) is 24.7 Å². The molecule has 0 bridgehead atoms. The molecule has 5 heteroatoms. The Balaban J connectivity index is 1.72. The summed E-state index contributed by atoms with van der Waals surface area (Å²) < 4.78 is 0. The van der Waals surface area contributed by atoms with Crippen LogP contribution in [0.15, 0.2) is 71.8 Å². The number of anilines is 1. The molecule has 2 aromatic rings. The zero-order valence-electron chi connectivity index (χ0n) is 14.1. The smallest absolute Gasteiger partial charge is 0.240 e. The maximum Gasteiger partial charge on any atom is 0.240 e. The van der Waals surface area contributed by atoms with Crippen molar-refractivity contribution in [3.8, 4) is 0 Å². The lowest BCUT2D eigenvalue weighted by atomic mass is 10.2. The van der Waals surface area contributed by atoms with E-state index >= 15 is 0 Å². The van der Waals surface area contributed by atoms with Crippen molar-refractivity contribution in [3.63, 3.8) is 0 Å². The molecule has 0 aromatic heterocycles. The molecule has 0 atom stereocenters. The van der Waals surface area contributed by atoms with Gasteiger partial charge < -0.3 is 5.32 Å². The summed E-state index contributed by atoms with van der Waals surface area (Å²) in [5, 5.41) is 6.73. The van der Waals surface area contributed by atoms with Gasteiger partial charge in [0.1, 0.15) is 0 Å². The van der Waals surface area contributed by atoms with Gasteiger partial charge in [-0.25, -0.2) is 5.43 Å². The minimum Gasteiger partial charge on any atom is -0.326 e. The third-order valence-electron chi connectivity index (χ3n) is 3.31. The number of para-hydroxylation sites is 1. The van der Waals surface area contributed by atoms with Gasteiger partial charge in [0.05, 0.1) is 5.71 Å². The van der Waals surface area contributed by atoms with E-state index in [0.29, 0.717) is 11.4 Å². The summed E-state index contributed by atoms with van der Waals surface area (Å²) in [6, 6.07) is 19.0. The first kappa shape index (κ1) is 18.1. The Morgan fingerprint density at radius 1 is 0.920 bits per heavy atom. The Morgan fingerprint density at radius 3 is 2.20 bits per heavy atom. The van der Waals surface area contributed by atoms with E-state index in [4.69, 9.17) is 0 Å². The van der Waals surface area contributed by atoms with Gasteiger partial charge in [0, 0.05) is 18.5 Å². The number of rotatable bonds is 7. The number of nitrogens with zero attached hydrogens (tertiary/aromatic N) is 1. The molecule has 128 valence electrons. The van der Waals surface area contributed by atoms with Crippen LogP contribution < -0.4 is 10.7 Å².